The van der Waals surface area contributed by atoms with Crippen LogP contribution in [0.2, 0.25) is 0 Å². The van der Waals surface area contributed by atoms with Gasteiger partial charge in [-0.25, -0.2) is 0 Å². The third-order valence-electron chi connectivity index (χ3n) is 4.01. The van der Waals surface area contributed by atoms with E-state index in [1.54, 1.807) is 7.11 Å². The van der Waals surface area contributed by atoms with E-state index in [9.17, 15) is 0 Å². The van der Waals surface area contributed by atoms with E-state index in [1.807, 2.05) is 0 Å². The minimum atomic E-state index is 0.170. The highest BCUT2D eigenvalue weighted by Gasteiger charge is 2.49. The topological polar surface area (TPSA) is 35.2 Å². The largest absolute Gasteiger partial charge is 0.496 e. The molecule has 1 aliphatic carbocycles. The van der Waals surface area contributed by atoms with Crippen molar-refractivity contribution < 1.29 is 4.74 Å². The van der Waals surface area contributed by atoms with E-state index in [1.165, 1.54) is 29.5 Å². The molecule has 1 aromatic carbocycles. The van der Waals surface area contributed by atoms with Gasteiger partial charge in [-0.2, -0.15) is 0 Å². The molecular weight excluding hydrogens is 198 g/mol. The molecule has 0 aromatic heterocycles. The Labute approximate surface area is 97.8 Å². The van der Waals surface area contributed by atoms with Gasteiger partial charge in [-0.15, -0.1) is 0 Å². The molecular formula is C14H21NO. The van der Waals surface area contributed by atoms with Crippen LogP contribution in [0, 0.1) is 13.8 Å². The second kappa shape index (κ2) is 3.77. The van der Waals surface area contributed by atoms with Crippen molar-refractivity contribution in [2.24, 2.45) is 5.73 Å². The van der Waals surface area contributed by atoms with Gasteiger partial charge in [0.05, 0.1) is 7.11 Å². The van der Waals surface area contributed by atoms with Gasteiger partial charge in [0.25, 0.3) is 0 Å². The highest BCUT2D eigenvalue weighted by molar-refractivity contribution is 5.49. The molecule has 0 bridgehead atoms. The fourth-order valence-electron chi connectivity index (χ4n) is 2.45. The van der Waals surface area contributed by atoms with E-state index in [0.717, 1.165) is 5.75 Å². The Morgan fingerprint density at radius 2 is 1.81 bits per heavy atom. The summed E-state index contributed by atoms with van der Waals surface area (Å²) in [7, 11) is 1.74. The summed E-state index contributed by atoms with van der Waals surface area (Å²) in [5.41, 5.74) is 10.2. The summed E-state index contributed by atoms with van der Waals surface area (Å²) >= 11 is 0. The summed E-state index contributed by atoms with van der Waals surface area (Å²) in [6.45, 7) is 6.37. The van der Waals surface area contributed by atoms with Crippen LogP contribution in [-0.2, 0) is 5.41 Å². The number of hydrogen-bond donors (Lipinski definition) is 1. The molecule has 1 aliphatic rings. The summed E-state index contributed by atoms with van der Waals surface area (Å²) in [5.74, 6) is 0.998. The van der Waals surface area contributed by atoms with E-state index in [0.29, 0.717) is 0 Å². The van der Waals surface area contributed by atoms with Crippen molar-refractivity contribution in [3.8, 4) is 5.75 Å². The molecule has 0 amide bonds. The molecule has 16 heavy (non-hydrogen) atoms. The highest BCUT2D eigenvalue weighted by Crippen LogP contribution is 2.53. The molecule has 0 heterocycles. The maximum Gasteiger partial charge on any atom is 0.122 e. The van der Waals surface area contributed by atoms with Gasteiger partial charge in [-0.1, -0.05) is 6.07 Å². The number of hydrogen-bond acceptors (Lipinski definition) is 2. The van der Waals surface area contributed by atoms with Crippen molar-refractivity contribution in [3.63, 3.8) is 0 Å². The van der Waals surface area contributed by atoms with Crippen LogP contribution in [0.4, 0.5) is 0 Å². The Morgan fingerprint density at radius 3 is 2.25 bits per heavy atom. The quantitative estimate of drug-likeness (QED) is 0.848. The molecule has 0 aliphatic heterocycles. The highest BCUT2D eigenvalue weighted by atomic mass is 16.5. The first-order valence-corrected chi connectivity index (χ1v) is 5.92. The van der Waals surface area contributed by atoms with Gasteiger partial charge in [0, 0.05) is 17.0 Å². The number of benzene rings is 1. The summed E-state index contributed by atoms with van der Waals surface area (Å²) < 4.78 is 5.50. The lowest BCUT2D eigenvalue weighted by Gasteiger charge is -2.23. The van der Waals surface area contributed by atoms with Crippen molar-refractivity contribution in [1.29, 1.82) is 0 Å². The van der Waals surface area contributed by atoms with E-state index in [2.05, 4.69) is 32.9 Å². The summed E-state index contributed by atoms with van der Waals surface area (Å²) in [6.07, 6.45) is 2.37. The molecule has 0 saturated heterocycles. The van der Waals surface area contributed by atoms with Gasteiger partial charge in [0.15, 0.2) is 0 Å². The van der Waals surface area contributed by atoms with E-state index in [4.69, 9.17) is 10.5 Å². The number of nitrogens with two attached hydrogens (primary N) is 1. The van der Waals surface area contributed by atoms with Crippen LogP contribution < -0.4 is 10.5 Å². The maximum atomic E-state index is 6.12. The van der Waals surface area contributed by atoms with E-state index in [-0.39, 0.29) is 11.5 Å². The molecule has 1 aromatic rings. The predicted octanol–water partition coefficient (Wildman–Crippen LogP) is 2.69. The number of aryl methyl sites for hydroxylation is 2. The molecule has 0 spiro atoms. The fraction of sp³-hybridized carbons (Fsp3) is 0.571. The monoisotopic (exact) mass is 219 g/mol. The van der Waals surface area contributed by atoms with Gasteiger partial charge < -0.3 is 10.5 Å². The predicted molar refractivity (Wildman–Crippen MR) is 67.0 cm³/mol. The summed E-state index contributed by atoms with van der Waals surface area (Å²) in [4.78, 5) is 0. The van der Waals surface area contributed by atoms with Crippen molar-refractivity contribution in [3.05, 3.63) is 28.8 Å². The Bertz CT molecular complexity index is 405. The smallest absolute Gasteiger partial charge is 0.122 e. The first-order chi connectivity index (χ1) is 7.51. The van der Waals surface area contributed by atoms with Gasteiger partial charge >= 0.3 is 0 Å². The molecule has 0 radical (unpaired) electrons. The lowest BCUT2D eigenvalue weighted by atomic mass is 9.87. The maximum absolute atomic E-state index is 6.12. The second-order valence-corrected chi connectivity index (χ2v) is 5.08. The SMILES string of the molecule is COc1cc(C)c(C)cc1C1(C(C)N)CC1. The lowest BCUT2D eigenvalue weighted by molar-refractivity contribution is 0.398. The van der Waals surface area contributed by atoms with Gasteiger partial charge in [0.1, 0.15) is 5.75 Å². The Hall–Kier alpha value is -1.02. The Kier molecular flexibility index (Phi) is 2.70. The Balaban J connectivity index is 2.52. The van der Waals surface area contributed by atoms with Crippen LogP contribution in [0.3, 0.4) is 0 Å². The molecule has 2 nitrogen and oxygen atoms in total. The standard InChI is InChI=1S/C14H21NO/c1-9-7-12(13(16-4)8-10(9)2)14(5-6-14)11(3)15/h7-8,11H,5-6,15H2,1-4H3. The number of methoxy groups -OCH3 is 1. The van der Waals surface area contributed by atoms with Crippen LogP contribution in [0.1, 0.15) is 36.5 Å². The number of ether oxygens (including phenoxy) is 1. The minimum absolute atomic E-state index is 0.170. The van der Waals surface area contributed by atoms with Crippen molar-refractivity contribution in [1.82, 2.24) is 0 Å². The normalized spacial score (nSPS) is 19.3. The average Bonchev–Trinajstić information content (AvgIpc) is 3.02. The number of rotatable bonds is 3. The van der Waals surface area contributed by atoms with Crippen LogP contribution in [0.25, 0.3) is 0 Å². The van der Waals surface area contributed by atoms with Crippen LogP contribution >= 0.6 is 0 Å². The molecule has 2 rings (SSSR count). The van der Waals surface area contributed by atoms with Gasteiger partial charge in [0.2, 0.25) is 0 Å². The summed E-state index contributed by atoms with van der Waals surface area (Å²) in [5, 5.41) is 0. The molecule has 1 atom stereocenters. The summed E-state index contributed by atoms with van der Waals surface area (Å²) in [6, 6.07) is 4.58. The minimum Gasteiger partial charge on any atom is -0.496 e. The van der Waals surface area contributed by atoms with Crippen molar-refractivity contribution >= 4 is 0 Å². The molecule has 1 unspecified atom stereocenters. The molecule has 2 heteroatoms. The van der Waals surface area contributed by atoms with E-state index < -0.39 is 0 Å². The molecule has 1 saturated carbocycles. The van der Waals surface area contributed by atoms with E-state index >= 15 is 0 Å². The zero-order chi connectivity index (χ0) is 11.9. The molecule has 1 fully saturated rings. The van der Waals surface area contributed by atoms with Gasteiger partial charge in [-0.3, -0.25) is 0 Å². The Morgan fingerprint density at radius 1 is 1.25 bits per heavy atom. The zero-order valence-electron chi connectivity index (χ0n) is 10.6. The van der Waals surface area contributed by atoms with Gasteiger partial charge in [-0.05, 0) is 50.8 Å². The van der Waals surface area contributed by atoms with Crippen molar-refractivity contribution in [2.75, 3.05) is 7.11 Å². The fourth-order valence-corrected chi connectivity index (χ4v) is 2.45. The third-order valence-corrected chi connectivity index (χ3v) is 4.01. The first kappa shape index (κ1) is 11.5. The average molecular weight is 219 g/mol. The molecule has 88 valence electrons. The molecule has 2 N–H and O–H groups in total. The van der Waals surface area contributed by atoms with Crippen LogP contribution in [0.5, 0.6) is 5.75 Å². The second-order valence-electron chi connectivity index (χ2n) is 5.08. The first-order valence-electron chi connectivity index (χ1n) is 5.92. The zero-order valence-corrected chi connectivity index (χ0v) is 10.6. The van der Waals surface area contributed by atoms with Crippen LogP contribution in [-0.4, -0.2) is 13.2 Å². The van der Waals surface area contributed by atoms with Crippen molar-refractivity contribution in [2.45, 2.75) is 45.1 Å². The van der Waals surface area contributed by atoms with Crippen LogP contribution in [0.15, 0.2) is 12.1 Å². The third kappa shape index (κ3) is 1.61. The lowest BCUT2D eigenvalue weighted by Crippen LogP contribution is -2.32.